The van der Waals surface area contributed by atoms with E-state index in [9.17, 15) is 4.39 Å². The van der Waals surface area contributed by atoms with E-state index in [1.807, 2.05) is 30.3 Å². The number of benzene rings is 2. The summed E-state index contributed by atoms with van der Waals surface area (Å²) in [6.45, 7) is 5.97. The molecular weight excluding hydrogens is 323 g/mol. The number of hydrogen-bond acceptors (Lipinski definition) is 2. The summed E-state index contributed by atoms with van der Waals surface area (Å²) in [5.41, 5.74) is 2.36. The van der Waals surface area contributed by atoms with Crippen molar-refractivity contribution in [2.75, 3.05) is 12.4 Å². The highest BCUT2D eigenvalue weighted by molar-refractivity contribution is 7.80. The van der Waals surface area contributed by atoms with E-state index < -0.39 is 0 Å². The fraction of sp³-hybridized carbons (Fsp3) is 0.316. The molecule has 2 N–H and O–H groups in total. The Labute approximate surface area is 148 Å². The number of rotatable bonds is 5. The number of methoxy groups -OCH3 is 1. The first-order valence-corrected chi connectivity index (χ1v) is 8.29. The van der Waals surface area contributed by atoms with Crippen molar-refractivity contribution in [1.29, 1.82) is 0 Å². The normalized spacial score (nSPS) is 11.9. The zero-order valence-corrected chi connectivity index (χ0v) is 15.2. The van der Waals surface area contributed by atoms with Crippen molar-refractivity contribution in [3.8, 4) is 5.75 Å². The minimum absolute atomic E-state index is 0.0474. The molecule has 1 atom stereocenters. The van der Waals surface area contributed by atoms with Crippen LogP contribution in [0.2, 0.25) is 0 Å². The maximum absolute atomic E-state index is 13.6. The van der Waals surface area contributed by atoms with E-state index in [0.29, 0.717) is 22.3 Å². The predicted molar refractivity (Wildman–Crippen MR) is 101 cm³/mol. The van der Waals surface area contributed by atoms with Crippen LogP contribution in [0.25, 0.3) is 0 Å². The van der Waals surface area contributed by atoms with Gasteiger partial charge in [-0.3, -0.25) is 0 Å². The van der Waals surface area contributed by atoms with Gasteiger partial charge in [-0.25, -0.2) is 4.39 Å². The Hall–Kier alpha value is -2.14. The van der Waals surface area contributed by atoms with Gasteiger partial charge in [-0.1, -0.05) is 32.0 Å². The quantitative estimate of drug-likeness (QED) is 0.760. The molecule has 0 bridgehead atoms. The van der Waals surface area contributed by atoms with Crippen LogP contribution in [0, 0.1) is 18.7 Å². The van der Waals surface area contributed by atoms with Crippen LogP contribution in [-0.2, 0) is 0 Å². The minimum Gasteiger partial charge on any atom is -0.497 e. The molecule has 5 heteroatoms. The van der Waals surface area contributed by atoms with Crippen LogP contribution in [0.3, 0.4) is 0 Å². The molecule has 0 heterocycles. The Bertz CT molecular complexity index is 701. The molecule has 128 valence electrons. The molecule has 2 aromatic carbocycles. The average molecular weight is 346 g/mol. The molecule has 0 aliphatic heterocycles. The highest BCUT2D eigenvalue weighted by atomic mass is 32.1. The fourth-order valence-electron chi connectivity index (χ4n) is 2.43. The SMILES string of the molecule is COc1ccc([C@@H](NC(=S)Nc2ccc(C)c(F)c2)C(C)C)cc1. The lowest BCUT2D eigenvalue weighted by Gasteiger charge is -2.25. The van der Waals surface area contributed by atoms with E-state index >= 15 is 0 Å². The zero-order valence-electron chi connectivity index (χ0n) is 14.4. The molecule has 0 radical (unpaired) electrons. The fourth-order valence-corrected chi connectivity index (χ4v) is 2.67. The molecule has 2 aromatic rings. The summed E-state index contributed by atoms with van der Waals surface area (Å²) in [6.07, 6.45) is 0. The van der Waals surface area contributed by atoms with Crippen molar-refractivity contribution in [1.82, 2.24) is 5.32 Å². The van der Waals surface area contributed by atoms with Gasteiger partial charge in [0.1, 0.15) is 11.6 Å². The first-order chi connectivity index (χ1) is 11.4. The van der Waals surface area contributed by atoms with E-state index in [1.54, 1.807) is 20.1 Å². The Kier molecular flexibility index (Phi) is 6.15. The van der Waals surface area contributed by atoms with Crippen LogP contribution in [0.5, 0.6) is 5.75 Å². The van der Waals surface area contributed by atoms with Crippen molar-refractivity contribution in [2.45, 2.75) is 26.8 Å². The first-order valence-electron chi connectivity index (χ1n) is 7.88. The molecule has 0 aromatic heterocycles. The maximum Gasteiger partial charge on any atom is 0.171 e. The molecule has 0 aliphatic carbocycles. The Balaban J connectivity index is 2.08. The van der Waals surface area contributed by atoms with Gasteiger partial charge >= 0.3 is 0 Å². The highest BCUT2D eigenvalue weighted by Gasteiger charge is 2.17. The van der Waals surface area contributed by atoms with Crippen LogP contribution >= 0.6 is 12.2 Å². The Morgan fingerprint density at radius 2 is 1.79 bits per heavy atom. The standard InChI is InChI=1S/C19H23FN2OS/c1-12(2)18(14-6-9-16(23-4)10-7-14)22-19(24)21-15-8-5-13(3)17(20)11-15/h5-12,18H,1-4H3,(H2,21,22,24)/t18-/m0/s1. The third kappa shape index (κ3) is 4.68. The molecule has 2 rings (SSSR count). The summed E-state index contributed by atoms with van der Waals surface area (Å²) in [6, 6.07) is 12.9. The summed E-state index contributed by atoms with van der Waals surface area (Å²) in [7, 11) is 1.65. The van der Waals surface area contributed by atoms with Gasteiger partial charge in [-0.15, -0.1) is 0 Å². The van der Waals surface area contributed by atoms with Crippen molar-refractivity contribution in [2.24, 2.45) is 5.92 Å². The Morgan fingerprint density at radius 1 is 1.12 bits per heavy atom. The topological polar surface area (TPSA) is 33.3 Å². The number of halogens is 1. The molecule has 0 aliphatic rings. The number of ether oxygens (including phenoxy) is 1. The predicted octanol–water partition coefficient (Wildman–Crippen LogP) is 4.83. The molecular formula is C19H23FN2OS. The van der Waals surface area contributed by atoms with E-state index in [4.69, 9.17) is 17.0 Å². The van der Waals surface area contributed by atoms with E-state index in [-0.39, 0.29) is 11.9 Å². The average Bonchev–Trinajstić information content (AvgIpc) is 2.56. The van der Waals surface area contributed by atoms with Gasteiger partial charge in [0.05, 0.1) is 13.2 Å². The molecule has 24 heavy (non-hydrogen) atoms. The number of thiocarbonyl (C=S) groups is 1. The second kappa shape index (κ2) is 8.11. The van der Waals surface area contributed by atoms with Crippen LogP contribution < -0.4 is 15.4 Å². The molecule has 0 spiro atoms. The van der Waals surface area contributed by atoms with Crippen LogP contribution in [0.15, 0.2) is 42.5 Å². The van der Waals surface area contributed by atoms with E-state index in [2.05, 4.69) is 24.5 Å². The van der Waals surface area contributed by atoms with E-state index in [1.165, 1.54) is 6.07 Å². The maximum atomic E-state index is 13.6. The smallest absolute Gasteiger partial charge is 0.171 e. The summed E-state index contributed by atoms with van der Waals surface area (Å²) in [5, 5.41) is 6.82. The van der Waals surface area contributed by atoms with Crippen molar-refractivity contribution in [3.63, 3.8) is 0 Å². The second-order valence-electron chi connectivity index (χ2n) is 6.06. The monoisotopic (exact) mass is 346 g/mol. The molecule has 0 saturated heterocycles. The second-order valence-corrected chi connectivity index (χ2v) is 6.47. The van der Waals surface area contributed by atoms with Gasteiger partial charge in [0.15, 0.2) is 5.11 Å². The van der Waals surface area contributed by atoms with Crippen molar-refractivity contribution in [3.05, 3.63) is 59.4 Å². The van der Waals surface area contributed by atoms with Gasteiger partial charge in [-0.2, -0.15) is 0 Å². The summed E-state index contributed by atoms with van der Waals surface area (Å²) < 4.78 is 18.8. The lowest BCUT2D eigenvalue weighted by atomic mass is 9.96. The van der Waals surface area contributed by atoms with Gasteiger partial charge < -0.3 is 15.4 Å². The summed E-state index contributed by atoms with van der Waals surface area (Å²) >= 11 is 5.39. The van der Waals surface area contributed by atoms with Crippen molar-refractivity contribution < 1.29 is 9.13 Å². The highest BCUT2D eigenvalue weighted by Crippen LogP contribution is 2.24. The number of anilines is 1. The van der Waals surface area contributed by atoms with Gasteiger partial charge in [-0.05, 0) is 60.5 Å². The summed E-state index contributed by atoms with van der Waals surface area (Å²) in [5.74, 6) is 0.892. The van der Waals surface area contributed by atoms with E-state index in [0.717, 1.165) is 11.3 Å². The van der Waals surface area contributed by atoms with Crippen LogP contribution in [-0.4, -0.2) is 12.2 Å². The third-order valence-electron chi connectivity index (χ3n) is 3.86. The number of aryl methyl sites for hydroxylation is 1. The minimum atomic E-state index is -0.252. The number of hydrogen-bond donors (Lipinski definition) is 2. The zero-order chi connectivity index (χ0) is 17.7. The molecule has 0 saturated carbocycles. The van der Waals surface area contributed by atoms with Gasteiger partial charge in [0.2, 0.25) is 0 Å². The summed E-state index contributed by atoms with van der Waals surface area (Å²) in [4.78, 5) is 0. The molecule has 0 fully saturated rings. The molecule has 0 unspecified atom stereocenters. The van der Waals surface area contributed by atoms with Crippen LogP contribution in [0.1, 0.15) is 31.0 Å². The number of nitrogens with one attached hydrogen (secondary N) is 2. The van der Waals surface area contributed by atoms with Gasteiger partial charge in [0, 0.05) is 5.69 Å². The van der Waals surface area contributed by atoms with Crippen molar-refractivity contribution >= 4 is 23.0 Å². The largest absolute Gasteiger partial charge is 0.497 e. The Morgan fingerprint density at radius 3 is 2.33 bits per heavy atom. The van der Waals surface area contributed by atoms with Crippen LogP contribution in [0.4, 0.5) is 10.1 Å². The lowest BCUT2D eigenvalue weighted by molar-refractivity contribution is 0.413. The lowest BCUT2D eigenvalue weighted by Crippen LogP contribution is -2.34. The van der Waals surface area contributed by atoms with Gasteiger partial charge in [0.25, 0.3) is 0 Å². The first kappa shape index (κ1) is 18.2. The molecule has 0 amide bonds. The molecule has 3 nitrogen and oxygen atoms in total. The third-order valence-corrected chi connectivity index (χ3v) is 4.08.